The monoisotopic (exact) mass is 132 g/mol. The van der Waals surface area contributed by atoms with Crippen molar-refractivity contribution in [2.75, 3.05) is 0 Å². The zero-order valence-electron chi connectivity index (χ0n) is 3.47. The molecule has 0 N–H and O–H groups in total. The zero-order chi connectivity index (χ0) is 7.15. The van der Waals surface area contributed by atoms with Crippen LogP contribution in [0, 0.1) is 7.18 Å². The topological polar surface area (TPSA) is 0 Å². The molecule has 0 saturated carbocycles. The number of hydrogen-bond acceptors (Lipinski definition) is 0. The Morgan fingerprint density at radius 1 is 0.750 bits per heavy atom. The quantitative estimate of drug-likeness (QED) is 0.444. The highest BCUT2D eigenvalue weighted by molar-refractivity contribution is 4.77. The van der Waals surface area contributed by atoms with Crippen molar-refractivity contribution in [2.24, 2.45) is 0 Å². The fourth-order valence-corrected chi connectivity index (χ4v) is 0. The van der Waals surface area contributed by atoms with Crippen LogP contribution in [0.15, 0.2) is 12.2 Å². The molecule has 0 aromatic carbocycles. The minimum Gasteiger partial charge on any atom is -0.241 e. The van der Waals surface area contributed by atoms with Gasteiger partial charge in [0.05, 0.1) is 0 Å². The van der Waals surface area contributed by atoms with E-state index in [9.17, 15) is 17.6 Å². The van der Waals surface area contributed by atoms with Crippen molar-refractivity contribution in [3.63, 3.8) is 0 Å². The van der Waals surface area contributed by atoms with Gasteiger partial charge in [-0.25, -0.2) is 4.39 Å². The van der Waals surface area contributed by atoms with E-state index in [0.29, 0.717) is 0 Å². The maximum absolute atomic E-state index is 10.3. The van der Waals surface area contributed by atoms with Gasteiger partial charge in [0.15, 0.2) is 7.18 Å². The highest BCUT2D eigenvalue weighted by atomic mass is 19.3. The Bertz CT molecular complexity index is 57.7. The molecule has 0 bridgehead atoms. The molecule has 0 rings (SSSR count). The van der Waals surface area contributed by atoms with Crippen molar-refractivity contribution in [3.8, 4) is 0 Å². The molecule has 0 atom stereocenters. The molecule has 0 amide bonds. The molecule has 0 aliphatic carbocycles. The average molecular weight is 132 g/mol. The predicted molar refractivity (Wildman–Crippen MR) is 16.9 cm³/mol. The molecule has 0 nitrogen and oxygen atoms in total. The summed E-state index contributed by atoms with van der Waals surface area (Å²) in [5.74, 6) is 0. The minimum atomic E-state index is -2.91. The fraction of sp³-hybridized carbons (Fsp3) is 0. The summed E-state index contributed by atoms with van der Waals surface area (Å²) in [6, 6.07) is 0. The molecule has 0 aromatic heterocycles. The van der Waals surface area contributed by atoms with Gasteiger partial charge in [-0.15, -0.1) is 0 Å². The second kappa shape index (κ2) is 6.39. The molecule has 0 saturated heterocycles. The third kappa shape index (κ3) is 9.04. The second-order valence-electron chi connectivity index (χ2n) is 0.521. The Morgan fingerprint density at radius 2 is 0.875 bits per heavy atom. The number of rotatable bonds is 0. The van der Waals surface area contributed by atoms with Gasteiger partial charge in [0.1, 0.15) is 0 Å². The van der Waals surface area contributed by atoms with Gasteiger partial charge in [-0.3, -0.25) is 0 Å². The first-order valence-corrected chi connectivity index (χ1v) is 1.22. The summed E-state index contributed by atoms with van der Waals surface area (Å²) in [5.41, 5.74) is 0. The lowest BCUT2D eigenvalue weighted by Crippen LogP contribution is -1.56. The molecule has 0 unspecified atom stereocenters. The molecule has 0 heterocycles. The summed E-state index contributed by atoms with van der Waals surface area (Å²) < 4.78 is 50.1. The van der Waals surface area contributed by atoms with Crippen LogP contribution in [0.5, 0.6) is 0 Å². The molecule has 0 spiro atoms. The van der Waals surface area contributed by atoms with Crippen LogP contribution in [0.4, 0.5) is 22.0 Å². The SMILES string of the molecule is FC(F)=C(F)F.[CH]F. The highest BCUT2D eigenvalue weighted by Crippen LogP contribution is 2.08. The minimum absolute atomic E-state index is 2.91. The lowest BCUT2D eigenvalue weighted by Gasteiger charge is -1.69. The van der Waals surface area contributed by atoms with Crippen LogP contribution in [0.2, 0.25) is 0 Å². The van der Waals surface area contributed by atoms with Crippen LogP contribution in [-0.4, -0.2) is 0 Å². The van der Waals surface area contributed by atoms with E-state index in [1.165, 1.54) is 0 Å². The van der Waals surface area contributed by atoms with Crippen molar-refractivity contribution in [1.29, 1.82) is 0 Å². The van der Waals surface area contributed by atoms with Crippen LogP contribution >= 0.6 is 0 Å². The average Bonchev–Trinajstić information content (AvgIpc) is 1.72. The Hall–Kier alpha value is -0.610. The maximum Gasteiger partial charge on any atom is 0.334 e. The summed E-state index contributed by atoms with van der Waals surface area (Å²) in [5, 5.41) is 0. The van der Waals surface area contributed by atoms with Gasteiger partial charge in [0.25, 0.3) is 0 Å². The van der Waals surface area contributed by atoms with Crippen molar-refractivity contribution in [1.82, 2.24) is 0 Å². The van der Waals surface area contributed by atoms with Gasteiger partial charge in [-0.2, -0.15) is 17.6 Å². The van der Waals surface area contributed by atoms with E-state index in [0.717, 1.165) is 0 Å². The first-order chi connectivity index (χ1) is 3.64. The normalized spacial score (nSPS) is 6.75. The van der Waals surface area contributed by atoms with Gasteiger partial charge >= 0.3 is 12.2 Å². The summed E-state index contributed by atoms with van der Waals surface area (Å²) in [7, 11) is 3.00. The third-order valence-corrected chi connectivity index (χ3v) is 0.143. The molecule has 5 heteroatoms. The zero-order valence-corrected chi connectivity index (χ0v) is 3.47. The molecule has 2 radical (unpaired) electrons. The Balaban J connectivity index is 0. The van der Waals surface area contributed by atoms with E-state index in [1.807, 2.05) is 0 Å². The summed E-state index contributed by atoms with van der Waals surface area (Å²) in [6.45, 7) is 0. The van der Waals surface area contributed by atoms with Crippen LogP contribution < -0.4 is 0 Å². The molecular formula is C3HF5. The first-order valence-electron chi connectivity index (χ1n) is 1.22. The van der Waals surface area contributed by atoms with Gasteiger partial charge in [-0.1, -0.05) is 0 Å². The predicted octanol–water partition coefficient (Wildman–Crippen LogP) is 2.62. The van der Waals surface area contributed by atoms with E-state index in [-0.39, 0.29) is 0 Å². The molecule has 0 aromatic rings. The van der Waals surface area contributed by atoms with E-state index in [4.69, 9.17) is 4.39 Å². The van der Waals surface area contributed by atoms with Gasteiger partial charge < -0.3 is 0 Å². The van der Waals surface area contributed by atoms with Gasteiger partial charge in [0.2, 0.25) is 0 Å². The molecular weight excluding hydrogens is 131 g/mol. The molecule has 8 heavy (non-hydrogen) atoms. The van der Waals surface area contributed by atoms with Crippen LogP contribution in [0.25, 0.3) is 0 Å². The Kier molecular flexibility index (Phi) is 8.30. The molecule has 48 valence electrons. The van der Waals surface area contributed by atoms with Gasteiger partial charge in [0, 0.05) is 0 Å². The largest absolute Gasteiger partial charge is 0.334 e. The van der Waals surface area contributed by atoms with Crippen LogP contribution in [-0.2, 0) is 0 Å². The van der Waals surface area contributed by atoms with Crippen molar-refractivity contribution in [2.45, 2.75) is 0 Å². The number of hydrogen-bond donors (Lipinski definition) is 0. The van der Waals surface area contributed by atoms with Crippen molar-refractivity contribution >= 4 is 0 Å². The Morgan fingerprint density at radius 3 is 0.875 bits per heavy atom. The van der Waals surface area contributed by atoms with Crippen molar-refractivity contribution in [3.05, 3.63) is 19.3 Å². The Labute approximate surface area is 42.6 Å². The second-order valence-corrected chi connectivity index (χ2v) is 0.521. The summed E-state index contributed by atoms with van der Waals surface area (Å²) >= 11 is 0. The van der Waals surface area contributed by atoms with Crippen LogP contribution in [0.3, 0.4) is 0 Å². The third-order valence-electron chi connectivity index (χ3n) is 0.143. The molecule has 0 fully saturated rings. The maximum atomic E-state index is 10.3. The van der Waals surface area contributed by atoms with Gasteiger partial charge in [-0.05, 0) is 0 Å². The molecule has 0 aliphatic heterocycles. The van der Waals surface area contributed by atoms with E-state index in [2.05, 4.69) is 7.18 Å². The number of halogens is 5. The van der Waals surface area contributed by atoms with E-state index < -0.39 is 12.2 Å². The van der Waals surface area contributed by atoms with Crippen LogP contribution in [0.1, 0.15) is 0 Å². The van der Waals surface area contributed by atoms with Crippen molar-refractivity contribution < 1.29 is 22.0 Å². The fourth-order valence-electron chi connectivity index (χ4n) is 0. The summed E-state index contributed by atoms with van der Waals surface area (Å²) in [4.78, 5) is 0. The highest BCUT2D eigenvalue weighted by Gasteiger charge is 1.98. The smallest absolute Gasteiger partial charge is 0.241 e. The lowest BCUT2D eigenvalue weighted by molar-refractivity contribution is 0.308. The first kappa shape index (κ1) is 10.4. The summed E-state index contributed by atoms with van der Waals surface area (Å²) in [6.07, 6.45) is -5.81. The molecule has 0 aliphatic rings. The standard InChI is InChI=1S/C2F4.CHF/c3-1(4)2(5)6;1-2/h;1H. The van der Waals surface area contributed by atoms with E-state index >= 15 is 0 Å². The van der Waals surface area contributed by atoms with E-state index in [1.54, 1.807) is 0 Å². The lowest BCUT2D eigenvalue weighted by atomic mass is 11.1.